The van der Waals surface area contributed by atoms with Crippen molar-refractivity contribution >= 4 is 0 Å². The number of nitrogens with zero attached hydrogens (tertiary/aromatic N) is 1. The van der Waals surface area contributed by atoms with Crippen molar-refractivity contribution < 1.29 is 0 Å². The minimum Gasteiger partial charge on any atom is -0.311 e. The molecule has 0 atom stereocenters. The Morgan fingerprint density at radius 3 is 2.70 bits per heavy atom. The molecule has 0 aliphatic rings. The van der Waals surface area contributed by atoms with Gasteiger partial charge in [0.1, 0.15) is 0 Å². The summed E-state index contributed by atoms with van der Waals surface area (Å²) in [4.78, 5) is 0. The Labute approximate surface area is 62.5 Å². The second kappa shape index (κ2) is 6.31. The molecule has 0 saturated heterocycles. The molecule has 0 aromatic heterocycles. The zero-order chi connectivity index (χ0) is 7.82. The molecule has 0 spiro atoms. The second-order valence-corrected chi connectivity index (χ2v) is 2.40. The van der Waals surface area contributed by atoms with Crippen LogP contribution in [0.5, 0.6) is 0 Å². The van der Waals surface area contributed by atoms with Crippen LogP contribution in [0.4, 0.5) is 0 Å². The minimum atomic E-state index is 0.514. The van der Waals surface area contributed by atoms with E-state index in [0.29, 0.717) is 12.5 Å². The monoisotopic (exact) mass is 138 g/mol. The van der Waals surface area contributed by atoms with E-state index in [1.54, 1.807) is 0 Å². The van der Waals surface area contributed by atoms with Crippen LogP contribution >= 0.6 is 0 Å². The fraction of sp³-hybridized carbons (Fsp3) is 0.625. The van der Waals surface area contributed by atoms with Gasteiger partial charge in [0.2, 0.25) is 0 Å². The Balaban J connectivity index is 3.12. The molecule has 1 N–H and O–H groups in total. The van der Waals surface area contributed by atoms with E-state index in [0.717, 1.165) is 6.54 Å². The van der Waals surface area contributed by atoms with Crippen molar-refractivity contribution in [1.29, 1.82) is 5.26 Å². The van der Waals surface area contributed by atoms with E-state index < -0.39 is 0 Å². The SMILES string of the molecule is CC(C)NC/C=C/CC#N. The summed E-state index contributed by atoms with van der Waals surface area (Å²) in [7, 11) is 0. The molecular weight excluding hydrogens is 124 g/mol. The lowest BCUT2D eigenvalue weighted by Crippen LogP contribution is -2.22. The lowest BCUT2D eigenvalue weighted by atomic mass is 10.3. The van der Waals surface area contributed by atoms with Crippen molar-refractivity contribution in [3.05, 3.63) is 12.2 Å². The summed E-state index contributed by atoms with van der Waals surface area (Å²) in [6.07, 6.45) is 4.36. The number of allylic oxidation sites excluding steroid dienone is 1. The van der Waals surface area contributed by atoms with Gasteiger partial charge in [0.25, 0.3) is 0 Å². The molecule has 0 aromatic carbocycles. The molecule has 2 nitrogen and oxygen atoms in total. The van der Waals surface area contributed by atoms with E-state index in [1.807, 2.05) is 18.2 Å². The maximum Gasteiger partial charge on any atom is 0.0663 e. The van der Waals surface area contributed by atoms with Gasteiger partial charge < -0.3 is 5.32 Å². The minimum absolute atomic E-state index is 0.514. The third kappa shape index (κ3) is 7.19. The van der Waals surface area contributed by atoms with E-state index in [1.165, 1.54) is 0 Å². The molecular formula is C8H14N2. The summed E-state index contributed by atoms with van der Waals surface area (Å²) >= 11 is 0. The van der Waals surface area contributed by atoms with Gasteiger partial charge >= 0.3 is 0 Å². The number of nitrogens with one attached hydrogen (secondary N) is 1. The van der Waals surface area contributed by atoms with Crippen LogP contribution in [0.1, 0.15) is 20.3 Å². The molecule has 0 heterocycles. The van der Waals surface area contributed by atoms with Gasteiger partial charge in [-0.3, -0.25) is 0 Å². The third-order valence-electron chi connectivity index (χ3n) is 1.02. The molecule has 0 bridgehead atoms. The van der Waals surface area contributed by atoms with Gasteiger partial charge in [0.05, 0.1) is 12.5 Å². The number of hydrogen-bond acceptors (Lipinski definition) is 2. The highest BCUT2D eigenvalue weighted by Crippen LogP contribution is 1.79. The fourth-order valence-corrected chi connectivity index (χ4v) is 0.523. The molecule has 0 fully saturated rings. The maximum atomic E-state index is 8.15. The lowest BCUT2D eigenvalue weighted by Gasteiger charge is -2.02. The Morgan fingerprint density at radius 1 is 1.50 bits per heavy atom. The normalized spacial score (nSPS) is 10.6. The topological polar surface area (TPSA) is 35.8 Å². The first kappa shape index (κ1) is 9.19. The smallest absolute Gasteiger partial charge is 0.0663 e. The first-order valence-corrected chi connectivity index (χ1v) is 3.52. The number of rotatable bonds is 4. The van der Waals surface area contributed by atoms with Gasteiger partial charge in [-0.1, -0.05) is 26.0 Å². The third-order valence-corrected chi connectivity index (χ3v) is 1.02. The average molecular weight is 138 g/mol. The van der Waals surface area contributed by atoms with E-state index in [-0.39, 0.29) is 0 Å². The lowest BCUT2D eigenvalue weighted by molar-refractivity contribution is 0.632. The summed E-state index contributed by atoms with van der Waals surface area (Å²) in [5, 5.41) is 11.4. The van der Waals surface area contributed by atoms with Crippen LogP contribution in [0.25, 0.3) is 0 Å². The molecule has 0 saturated carbocycles. The summed E-state index contributed by atoms with van der Waals surface area (Å²) < 4.78 is 0. The molecule has 0 amide bonds. The Morgan fingerprint density at radius 2 is 2.20 bits per heavy atom. The molecule has 0 aliphatic heterocycles. The quantitative estimate of drug-likeness (QED) is 0.597. The summed E-state index contributed by atoms with van der Waals surface area (Å²) in [5.41, 5.74) is 0. The highest BCUT2D eigenvalue weighted by molar-refractivity contribution is 4.91. The van der Waals surface area contributed by atoms with Crippen LogP contribution in [0.2, 0.25) is 0 Å². The standard InChI is InChI=1S/C8H14N2/c1-8(2)10-7-5-3-4-6-9/h3,5,8,10H,4,7H2,1-2H3/b5-3+. The highest BCUT2D eigenvalue weighted by Gasteiger charge is 1.85. The average Bonchev–Trinajstić information content (AvgIpc) is 1.87. The van der Waals surface area contributed by atoms with Gasteiger partial charge in [-0.25, -0.2) is 0 Å². The first-order chi connectivity index (χ1) is 4.77. The van der Waals surface area contributed by atoms with E-state index >= 15 is 0 Å². The molecule has 2 heteroatoms. The van der Waals surface area contributed by atoms with Crippen LogP contribution in [0, 0.1) is 11.3 Å². The van der Waals surface area contributed by atoms with Gasteiger partial charge in [0.15, 0.2) is 0 Å². The van der Waals surface area contributed by atoms with Gasteiger partial charge in [0, 0.05) is 12.6 Å². The molecule has 0 rings (SSSR count). The zero-order valence-electron chi connectivity index (χ0n) is 6.59. The van der Waals surface area contributed by atoms with Gasteiger partial charge in [-0.15, -0.1) is 0 Å². The van der Waals surface area contributed by atoms with Crippen LogP contribution in [0.15, 0.2) is 12.2 Å². The van der Waals surface area contributed by atoms with Gasteiger partial charge in [-0.2, -0.15) is 5.26 Å². The predicted molar refractivity (Wildman–Crippen MR) is 42.5 cm³/mol. The van der Waals surface area contributed by atoms with E-state index in [9.17, 15) is 0 Å². The first-order valence-electron chi connectivity index (χ1n) is 3.52. The van der Waals surface area contributed by atoms with Crippen molar-refractivity contribution in [2.75, 3.05) is 6.54 Å². The summed E-state index contributed by atoms with van der Waals surface area (Å²) in [6.45, 7) is 5.05. The second-order valence-electron chi connectivity index (χ2n) is 2.40. The molecule has 0 aliphatic carbocycles. The zero-order valence-corrected chi connectivity index (χ0v) is 6.59. The van der Waals surface area contributed by atoms with Crippen molar-refractivity contribution in [2.45, 2.75) is 26.3 Å². The maximum absolute atomic E-state index is 8.15. The number of nitriles is 1. The molecule has 10 heavy (non-hydrogen) atoms. The van der Waals surface area contributed by atoms with Gasteiger partial charge in [-0.05, 0) is 0 Å². The molecule has 56 valence electrons. The van der Waals surface area contributed by atoms with E-state index in [2.05, 4.69) is 19.2 Å². The molecule has 0 radical (unpaired) electrons. The number of hydrogen-bond donors (Lipinski definition) is 1. The van der Waals surface area contributed by atoms with E-state index in [4.69, 9.17) is 5.26 Å². The van der Waals surface area contributed by atoms with Crippen molar-refractivity contribution in [2.24, 2.45) is 0 Å². The fourth-order valence-electron chi connectivity index (χ4n) is 0.523. The van der Waals surface area contributed by atoms with Crippen LogP contribution in [-0.4, -0.2) is 12.6 Å². The molecule has 0 aromatic rings. The van der Waals surface area contributed by atoms with Crippen LogP contribution < -0.4 is 5.32 Å². The Bertz CT molecular complexity index is 131. The van der Waals surface area contributed by atoms with Crippen molar-refractivity contribution in [3.63, 3.8) is 0 Å². The van der Waals surface area contributed by atoms with Crippen molar-refractivity contribution in [3.8, 4) is 6.07 Å². The van der Waals surface area contributed by atoms with Crippen molar-refractivity contribution in [1.82, 2.24) is 5.32 Å². The van der Waals surface area contributed by atoms with Crippen LogP contribution in [-0.2, 0) is 0 Å². The Kier molecular flexibility index (Phi) is 5.80. The predicted octanol–water partition coefficient (Wildman–Crippen LogP) is 1.45. The highest BCUT2D eigenvalue weighted by atomic mass is 14.9. The largest absolute Gasteiger partial charge is 0.311 e. The Hall–Kier alpha value is -0.810. The van der Waals surface area contributed by atoms with Crippen LogP contribution in [0.3, 0.4) is 0 Å². The molecule has 0 unspecified atom stereocenters. The summed E-state index contributed by atoms with van der Waals surface area (Å²) in [6, 6.07) is 2.56. The summed E-state index contributed by atoms with van der Waals surface area (Å²) in [5.74, 6) is 0.